The van der Waals surface area contributed by atoms with Crippen LogP contribution in [0, 0.1) is 17.5 Å². The summed E-state index contributed by atoms with van der Waals surface area (Å²) in [6.45, 7) is 3.64. The van der Waals surface area contributed by atoms with Crippen LogP contribution in [-0.2, 0) is 0 Å². The lowest BCUT2D eigenvalue weighted by Gasteiger charge is -2.29. The van der Waals surface area contributed by atoms with Crippen molar-refractivity contribution in [3.8, 4) is 5.75 Å². The van der Waals surface area contributed by atoms with Gasteiger partial charge in [-0.25, -0.2) is 13.2 Å². The zero-order chi connectivity index (χ0) is 19.6. The SMILES string of the molecule is CCOc1ccc(C2CCC(c3ccc(C(C)O)c(F)c3F)CC2)cc1F. The van der Waals surface area contributed by atoms with Crippen molar-refractivity contribution >= 4 is 0 Å². The summed E-state index contributed by atoms with van der Waals surface area (Å²) < 4.78 is 47.9. The Hall–Kier alpha value is -2.01. The van der Waals surface area contributed by atoms with E-state index in [2.05, 4.69) is 0 Å². The standard InChI is InChI=1S/C22H25F3O2/c1-3-27-20-11-8-16(12-19(20)23)14-4-6-15(7-5-14)18-10-9-17(13(2)26)21(24)22(18)25/h8-15,26H,3-7H2,1-2H3. The van der Waals surface area contributed by atoms with Gasteiger partial charge in [-0.15, -0.1) is 0 Å². The van der Waals surface area contributed by atoms with E-state index in [4.69, 9.17) is 4.74 Å². The second kappa shape index (κ2) is 8.34. The van der Waals surface area contributed by atoms with Crippen molar-refractivity contribution in [3.05, 3.63) is 64.5 Å². The molecule has 5 heteroatoms. The van der Waals surface area contributed by atoms with Crippen molar-refractivity contribution in [3.63, 3.8) is 0 Å². The summed E-state index contributed by atoms with van der Waals surface area (Å²) >= 11 is 0. The molecule has 27 heavy (non-hydrogen) atoms. The van der Waals surface area contributed by atoms with E-state index in [9.17, 15) is 18.3 Å². The number of benzene rings is 2. The Morgan fingerprint density at radius 3 is 2.26 bits per heavy atom. The number of aliphatic hydroxyl groups is 1. The molecule has 0 aromatic heterocycles. The Kier molecular flexibility index (Phi) is 6.10. The predicted molar refractivity (Wildman–Crippen MR) is 98.5 cm³/mol. The molecule has 0 bridgehead atoms. The van der Waals surface area contributed by atoms with Crippen molar-refractivity contribution in [1.82, 2.24) is 0 Å². The highest BCUT2D eigenvalue weighted by Gasteiger charge is 2.28. The molecular formula is C22H25F3O2. The molecule has 2 aromatic carbocycles. The molecule has 0 aliphatic heterocycles. The molecule has 1 aliphatic rings. The third kappa shape index (κ3) is 4.13. The van der Waals surface area contributed by atoms with Crippen LogP contribution >= 0.6 is 0 Å². The van der Waals surface area contributed by atoms with Crippen molar-refractivity contribution in [2.24, 2.45) is 0 Å². The quantitative estimate of drug-likeness (QED) is 0.692. The van der Waals surface area contributed by atoms with Gasteiger partial charge in [0.2, 0.25) is 0 Å². The van der Waals surface area contributed by atoms with E-state index in [0.717, 1.165) is 18.4 Å². The minimum atomic E-state index is -1.04. The summed E-state index contributed by atoms with van der Waals surface area (Å²) in [5.41, 5.74) is 1.27. The van der Waals surface area contributed by atoms with Gasteiger partial charge in [0.05, 0.1) is 12.7 Å². The molecule has 1 fully saturated rings. The molecular weight excluding hydrogens is 353 g/mol. The van der Waals surface area contributed by atoms with Crippen LogP contribution in [0.3, 0.4) is 0 Å². The molecule has 0 saturated heterocycles. The van der Waals surface area contributed by atoms with Gasteiger partial charge < -0.3 is 9.84 Å². The second-order valence-electron chi connectivity index (χ2n) is 7.22. The largest absolute Gasteiger partial charge is 0.491 e. The van der Waals surface area contributed by atoms with Gasteiger partial charge in [0.15, 0.2) is 23.2 Å². The van der Waals surface area contributed by atoms with Crippen LogP contribution in [0.4, 0.5) is 13.2 Å². The second-order valence-corrected chi connectivity index (χ2v) is 7.22. The Morgan fingerprint density at radius 2 is 1.67 bits per heavy atom. The predicted octanol–water partition coefficient (Wildman–Crippen LogP) is 6.00. The van der Waals surface area contributed by atoms with E-state index >= 15 is 0 Å². The number of halogens is 3. The van der Waals surface area contributed by atoms with Gasteiger partial charge in [-0.05, 0) is 74.6 Å². The third-order valence-corrected chi connectivity index (χ3v) is 5.49. The van der Waals surface area contributed by atoms with Crippen LogP contribution in [-0.4, -0.2) is 11.7 Å². The van der Waals surface area contributed by atoms with Gasteiger partial charge in [-0.1, -0.05) is 18.2 Å². The summed E-state index contributed by atoms with van der Waals surface area (Å²) in [6.07, 6.45) is 1.96. The van der Waals surface area contributed by atoms with Gasteiger partial charge >= 0.3 is 0 Å². The molecule has 1 saturated carbocycles. The van der Waals surface area contributed by atoms with Gasteiger partial charge in [0.1, 0.15) is 0 Å². The summed E-state index contributed by atoms with van der Waals surface area (Å²) in [5.74, 6) is -1.78. The first kappa shape index (κ1) is 19.7. The molecule has 2 aromatic rings. The Bertz CT molecular complexity index is 796. The number of aliphatic hydroxyl groups excluding tert-OH is 1. The first-order chi connectivity index (χ1) is 12.9. The summed E-state index contributed by atoms with van der Waals surface area (Å²) in [6, 6.07) is 8.11. The van der Waals surface area contributed by atoms with Crippen LogP contribution < -0.4 is 4.74 Å². The normalized spacial score (nSPS) is 21.1. The van der Waals surface area contributed by atoms with Gasteiger partial charge in [0.25, 0.3) is 0 Å². The van der Waals surface area contributed by atoms with E-state index in [1.54, 1.807) is 12.1 Å². The average molecular weight is 378 g/mol. The van der Waals surface area contributed by atoms with Gasteiger partial charge in [-0.2, -0.15) is 0 Å². The van der Waals surface area contributed by atoms with Crippen LogP contribution in [0.2, 0.25) is 0 Å². The van der Waals surface area contributed by atoms with Crippen LogP contribution in [0.5, 0.6) is 5.75 Å². The first-order valence-corrected chi connectivity index (χ1v) is 9.50. The molecule has 0 heterocycles. The van der Waals surface area contributed by atoms with Crippen molar-refractivity contribution in [1.29, 1.82) is 0 Å². The molecule has 3 rings (SSSR count). The Balaban J connectivity index is 1.71. The van der Waals surface area contributed by atoms with Crippen molar-refractivity contribution in [2.75, 3.05) is 6.61 Å². The van der Waals surface area contributed by atoms with E-state index in [1.165, 1.54) is 19.1 Å². The minimum absolute atomic E-state index is 0.0187. The van der Waals surface area contributed by atoms with Crippen molar-refractivity contribution < 1.29 is 23.0 Å². The fourth-order valence-corrected chi connectivity index (χ4v) is 4.00. The molecule has 0 spiro atoms. The molecule has 1 atom stereocenters. The monoisotopic (exact) mass is 378 g/mol. The van der Waals surface area contributed by atoms with E-state index in [1.807, 2.05) is 13.0 Å². The van der Waals surface area contributed by atoms with Crippen molar-refractivity contribution in [2.45, 2.75) is 57.5 Å². The molecule has 2 nitrogen and oxygen atoms in total. The third-order valence-electron chi connectivity index (χ3n) is 5.49. The molecule has 0 amide bonds. The highest BCUT2D eigenvalue weighted by atomic mass is 19.2. The summed E-state index contributed by atoms with van der Waals surface area (Å²) in [7, 11) is 0. The average Bonchev–Trinajstić information content (AvgIpc) is 2.65. The molecule has 0 radical (unpaired) electrons. The van der Waals surface area contributed by atoms with Crippen LogP contribution in [0.25, 0.3) is 0 Å². The van der Waals surface area contributed by atoms with E-state index in [-0.39, 0.29) is 29.0 Å². The molecule has 1 aliphatic carbocycles. The lowest BCUT2D eigenvalue weighted by atomic mass is 9.76. The van der Waals surface area contributed by atoms with Crippen LogP contribution in [0.1, 0.15) is 74.2 Å². The van der Waals surface area contributed by atoms with Crippen LogP contribution in [0.15, 0.2) is 30.3 Å². The highest BCUT2D eigenvalue weighted by Crippen LogP contribution is 2.42. The first-order valence-electron chi connectivity index (χ1n) is 9.50. The topological polar surface area (TPSA) is 29.5 Å². The van der Waals surface area contributed by atoms with E-state index < -0.39 is 17.7 Å². The zero-order valence-electron chi connectivity index (χ0n) is 15.6. The molecule has 1 N–H and O–H groups in total. The number of ether oxygens (including phenoxy) is 1. The van der Waals surface area contributed by atoms with Gasteiger partial charge in [-0.3, -0.25) is 0 Å². The zero-order valence-corrected chi connectivity index (χ0v) is 15.6. The Labute approximate surface area is 158 Å². The number of rotatable bonds is 5. The maximum atomic E-state index is 14.4. The molecule has 146 valence electrons. The number of hydrogen-bond acceptors (Lipinski definition) is 2. The minimum Gasteiger partial charge on any atom is -0.491 e. The van der Waals surface area contributed by atoms with E-state index in [0.29, 0.717) is 25.0 Å². The Morgan fingerprint density at radius 1 is 1.00 bits per heavy atom. The molecule has 1 unspecified atom stereocenters. The van der Waals surface area contributed by atoms with Gasteiger partial charge in [0, 0.05) is 5.56 Å². The fraction of sp³-hybridized carbons (Fsp3) is 0.455. The fourth-order valence-electron chi connectivity index (χ4n) is 4.00. The number of hydrogen-bond donors (Lipinski definition) is 1. The lowest BCUT2D eigenvalue weighted by Crippen LogP contribution is -2.15. The summed E-state index contributed by atoms with van der Waals surface area (Å²) in [5, 5.41) is 9.52. The summed E-state index contributed by atoms with van der Waals surface area (Å²) in [4.78, 5) is 0. The lowest BCUT2D eigenvalue weighted by molar-refractivity contribution is 0.192. The highest BCUT2D eigenvalue weighted by molar-refractivity contribution is 5.33. The maximum absolute atomic E-state index is 14.4. The smallest absolute Gasteiger partial charge is 0.165 e. The maximum Gasteiger partial charge on any atom is 0.165 e.